The first-order valence-corrected chi connectivity index (χ1v) is 8.78. The molecule has 0 amide bonds. The van der Waals surface area contributed by atoms with Crippen LogP contribution in [0.4, 0.5) is 0 Å². The van der Waals surface area contributed by atoms with E-state index in [1.54, 1.807) is 0 Å². The summed E-state index contributed by atoms with van der Waals surface area (Å²) in [6.45, 7) is 10.3. The minimum Gasteiger partial charge on any atom is -0.487 e. The lowest BCUT2D eigenvalue weighted by molar-refractivity contribution is 0.135. The van der Waals surface area contributed by atoms with Gasteiger partial charge in [-0.15, -0.1) is 0 Å². The molecule has 3 aliphatic rings. The molecule has 0 bridgehead atoms. The quantitative estimate of drug-likeness (QED) is 0.909. The van der Waals surface area contributed by atoms with Crippen molar-refractivity contribution in [1.29, 1.82) is 0 Å². The van der Waals surface area contributed by atoms with Crippen LogP contribution >= 0.6 is 0 Å². The van der Waals surface area contributed by atoms with E-state index in [1.165, 1.54) is 62.3 Å². The largest absolute Gasteiger partial charge is 0.487 e. The van der Waals surface area contributed by atoms with Crippen LogP contribution in [0.1, 0.15) is 44.2 Å². The van der Waals surface area contributed by atoms with Crippen molar-refractivity contribution in [2.45, 2.75) is 51.7 Å². The van der Waals surface area contributed by atoms with Crippen LogP contribution in [0.25, 0.3) is 0 Å². The molecule has 2 saturated heterocycles. The Labute approximate surface area is 134 Å². The summed E-state index contributed by atoms with van der Waals surface area (Å²) in [4.78, 5) is 2.65. The van der Waals surface area contributed by atoms with E-state index < -0.39 is 0 Å². The van der Waals surface area contributed by atoms with Gasteiger partial charge in [0, 0.05) is 25.1 Å². The van der Waals surface area contributed by atoms with E-state index in [0.717, 1.165) is 13.0 Å². The van der Waals surface area contributed by atoms with Crippen molar-refractivity contribution in [1.82, 2.24) is 10.2 Å². The molecule has 0 saturated carbocycles. The maximum atomic E-state index is 6.24. The van der Waals surface area contributed by atoms with Crippen molar-refractivity contribution < 1.29 is 4.74 Å². The Morgan fingerprint density at radius 2 is 2.00 bits per heavy atom. The maximum absolute atomic E-state index is 6.24. The number of nitrogens with zero attached hydrogens (tertiary/aromatic N) is 1. The Kier molecular flexibility index (Phi) is 3.46. The molecule has 120 valence electrons. The minimum atomic E-state index is -0.0420. The highest BCUT2D eigenvalue weighted by atomic mass is 16.5. The zero-order valence-corrected chi connectivity index (χ0v) is 14.0. The van der Waals surface area contributed by atoms with Gasteiger partial charge in [-0.1, -0.05) is 18.2 Å². The average molecular weight is 300 g/mol. The molecule has 0 atom stereocenters. The summed E-state index contributed by atoms with van der Waals surface area (Å²) in [5.41, 5.74) is 3.32. The average Bonchev–Trinajstić information content (AvgIpc) is 3.00. The summed E-state index contributed by atoms with van der Waals surface area (Å²) in [5, 5.41) is 3.50. The van der Waals surface area contributed by atoms with Gasteiger partial charge in [0.2, 0.25) is 0 Å². The van der Waals surface area contributed by atoms with Crippen molar-refractivity contribution in [3.63, 3.8) is 0 Å². The van der Waals surface area contributed by atoms with Gasteiger partial charge >= 0.3 is 0 Å². The van der Waals surface area contributed by atoms with Crippen molar-refractivity contribution in [3.05, 3.63) is 29.3 Å². The van der Waals surface area contributed by atoms with Crippen LogP contribution in [-0.2, 0) is 13.0 Å². The van der Waals surface area contributed by atoms with E-state index >= 15 is 0 Å². The van der Waals surface area contributed by atoms with E-state index in [9.17, 15) is 0 Å². The van der Waals surface area contributed by atoms with Crippen molar-refractivity contribution in [2.24, 2.45) is 5.41 Å². The fourth-order valence-electron chi connectivity index (χ4n) is 4.57. The zero-order chi connectivity index (χ0) is 15.2. The first-order chi connectivity index (χ1) is 10.6. The van der Waals surface area contributed by atoms with Gasteiger partial charge in [0.1, 0.15) is 11.4 Å². The molecule has 3 heteroatoms. The lowest BCUT2D eigenvalue weighted by Gasteiger charge is -2.34. The van der Waals surface area contributed by atoms with Crippen molar-refractivity contribution in [3.8, 4) is 5.75 Å². The fraction of sp³-hybridized carbons (Fsp3) is 0.684. The second kappa shape index (κ2) is 5.24. The molecule has 2 fully saturated rings. The minimum absolute atomic E-state index is 0.0420. The lowest BCUT2D eigenvalue weighted by Crippen LogP contribution is -2.38. The van der Waals surface area contributed by atoms with E-state index in [4.69, 9.17) is 4.74 Å². The number of para-hydroxylation sites is 1. The van der Waals surface area contributed by atoms with Crippen molar-refractivity contribution in [2.75, 3.05) is 26.2 Å². The first-order valence-electron chi connectivity index (χ1n) is 8.78. The smallest absolute Gasteiger partial charge is 0.127 e. The number of likely N-dealkylation sites (tertiary alicyclic amines) is 1. The van der Waals surface area contributed by atoms with Gasteiger partial charge in [0.25, 0.3) is 0 Å². The normalized spacial score (nSPS) is 26.1. The van der Waals surface area contributed by atoms with Gasteiger partial charge in [0.05, 0.1) is 0 Å². The number of nitrogens with one attached hydrogen (secondary N) is 1. The predicted molar refractivity (Wildman–Crippen MR) is 89.3 cm³/mol. The summed E-state index contributed by atoms with van der Waals surface area (Å²) in [7, 11) is 0. The Hall–Kier alpha value is -1.06. The summed E-state index contributed by atoms with van der Waals surface area (Å²) in [6.07, 6.45) is 5.10. The summed E-state index contributed by atoms with van der Waals surface area (Å²) < 4.78 is 6.24. The molecule has 1 aromatic carbocycles. The second-order valence-electron chi connectivity index (χ2n) is 8.15. The highest BCUT2D eigenvalue weighted by Gasteiger charge is 2.39. The summed E-state index contributed by atoms with van der Waals surface area (Å²) in [5.74, 6) is 1.17. The Morgan fingerprint density at radius 3 is 2.82 bits per heavy atom. The van der Waals surface area contributed by atoms with E-state index in [0.29, 0.717) is 5.41 Å². The molecule has 0 unspecified atom stereocenters. The highest BCUT2D eigenvalue weighted by molar-refractivity contribution is 5.45. The summed E-state index contributed by atoms with van der Waals surface area (Å²) in [6, 6.07) is 6.69. The van der Waals surface area contributed by atoms with Crippen LogP contribution < -0.4 is 10.1 Å². The SMILES string of the molecule is CC1(C)Cc2cccc(CN3CCC4(CCNCC4)C3)c2O1. The molecule has 3 heterocycles. The molecule has 0 radical (unpaired) electrons. The molecular formula is C19H28N2O. The molecular weight excluding hydrogens is 272 g/mol. The third kappa shape index (κ3) is 2.65. The number of piperidine rings is 1. The maximum Gasteiger partial charge on any atom is 0.127 e. The lowest BCUT2D eigenvalue weighted by atomic mass is 9.78. The molecule has 3 nitrogen and oxygen atoms in total. The zero-order valence-electron chi connectivity index (χ0n) is 14.0. The van der Waals surface area contributed by atoms with Crippen LogP contribution in [0.2, 0.25) is 0 Å². The van der Waals surface area contributed by atoms with E-state index in [1.807, 2.05) is 0 Å². The molecule has 4 rings (SSSR count). The van der Waals surface area contributed by atoms with Crippen LogP contribution in [0, 0.1) is 5.41 Å². The third-order valence-electron chi connectivity index (χ3n) is 5.75. The number of hydrogen-bond acceptors (Lipinski definition) is 3. The van der Waals surface area contributed by atoms with E-state index in [-0.39, 0.29) is 5.60 Å². The first kappa shape index (κ1) is 14.5. The van der Waals surface area contributed by atoms with Gasteiger partial charge in [0.15, 0.2) is 0 Å². The molecule has 22 heavy (non-hydrogen) atoms. The third-order valence-corrected chi connectivity index (χ3v) is 5.75. The Bertz CT molecular complexity index is 561. The number of rotatable bonds is 2. The van der Waals surface area contributed by atoms with Gasteiger partial charge in [-0.25, -0.2) is 0 Å². The van der Waals surface area contributed by atoms with Crippen LogP contribution in [0.3, 0.4) is 0 Å². The second-order valence-corrected chi connectivity index (χ2v) is 8.15. The number of fused-ring (bicyclic) bond motifs is 1. The summed E-state index contributed by atoms with van der Waals surface area (Å²) >= 11 is 0. The topological polar surface area (TPSA) is 24.5 Å². The molecule has 0 aliphatic carbocycles. The number of benzene rings is 1. The van der Waals surface area contributed by atoms with Gasteiger partial charge in [-0.05, 0) is 63.7 Å². The molecule has 1 spiro atoms. The Morgan fingerprint density at radius 1 is 1.18 bits per heavy atom. The molecule has 1 aromatic rings. The Balaban J connectivity index is 1.48. The molecule has 1 N–H and O–H groups in total. The van der Waals surface area contributed by atoms with Crippen molar-refractivity contribution >= 4 is 0 Å². The van der Waals surface area contributed by atoms with Crippen LogP contribution in [0.15, 0.2) is 18.2 Å². The number of ether oxygens (including phenoxy) is 1. The van der Waals surface area contributed by atoms with Crippen LogP contribution in [0.5, 0.6) is 5.75 Å². The van der Waals surface area contributed by atoms with Gasteiger partial charge in [-0.2, -0.15) is 0 Å². The van der Waals surface area contributed by atoms with Crippen LogP contribution in [-0.4, -0.2) is 36.7 Å². The monoisotopic (exact) mass is 300 g/mol. The fourth-order valence-corrected chi connectivity index (χ4v) is 4.57. The predicted octanol–water partition coefficient (Wildman–Crippen LogP) is 2.98. The van der Waals surface area contributed by atoms with E-state index in [2.05, 4.69) is 42.3 Å². The number of hydrogen-bond donors (Lipinski definition) is 1. The van der Waals surface area contributed by atoms with Gasteiger partial charge < -0.3 is 10.1 Å². The standard InChI is InChI=1S/C19H28N2O/c1-18(2)12-15-4-3-5-16(17(15)22-18)13-21-11-8-19(14-21)6-9-20-10-7-19/h3-5,20H,6-14H2,1-2H3. The molecule has 0 aromatic heterocycles. The highest BCUT2D eigenvalue weighted by Crippen LogP contribution is 2.41. The molecule has 3 aliphatic heterocycles. The van der Waals surface area contributed by atoms with Gasteiger partial charge in [-0.3, -0.25) is 4.90 Å².